The highest BCUT2D eigenvalue weighted by molar-refractivity contribution is 5.51. The molecule has 2 heteroatoms. The van der Waals surface area contributed by atoms with Crippen LogP contribution in [0.5, 0.6) is 0 Å². The standard InChI is InChI=1S/C9H14NO/c1-4-8(2,3)9(5-6-9)10-7-11/h4H,1,5-6H2,2-3H3,(H,10,11). The molecule has 11 heavy (non-hydrogen) atoms. The van der Waals surface area contributed by atoms with Gasteiger partial charge in [-0.2, -0.15) is 0 Å². The summed E-state index contributed by atoms with van der Waals surface area (Å²) in [5.74, 6) is 0. The molecule has 61 valence electrons. The van der Waals surface area contributed by atoms with Crippen LogP contribution in [0.3, 0.4) is 0 Å². The number of hydrogen-bond donors (Lipinski definition) is 1. The molecule has 1 radical (unpaired) electrons. The Labute approximate surface area is 67.7 Å². The maximum absolute atomic E-state index is 10.2. The van der Waals surface area contributed by atoms with Crippen molar-refractivity contribution in [3.63, 3.8) is 0 Å². The molecule has 0 aromatic heterocycles. The summed E-state index contributed by atoms with van der Waals surface area (Å²) in [4.78, 5) is 10.2. The molecular formula is C9H14NO. The van der Waals surface area contributed by atoms with E-state index in [1.807, 2.05) is 6.08 Å². The van der Waals surface area contributed by atoms with E-state index in [1.54, 1.807) is 6.41 Å². The van der Waals surface area contributed by atoms with Gasteiger partial charge < -0.3 is 5.32 Å². The van der Waals surface area contributed by atoms with Gasteiger partial charge in [-0.25, -0.2) is 0 Å². The Bertz CT molecular complexity index is 180. The highest BCUT2D eigenvalue weighted by Crippen LogP contribution is 2.50. The van der Waals surface area contributed by atoms with E-state index in [4.69, 9.17) is 0 Å². The quantitative estimate of drug-likeness (QED) is 0.478. The van der Waals surface area contributed by atoms with E-state index in [9.17, 15) is 4.79 Å². The zero-order valence-electron chi connectivity index (χ0n) is 7.11. The minimum atomic E-state index is -0.0451. The molecule has 0 saturated heterocycles. The maximum Gasteiger partial charge on any atom is 0.309 e. The number of nitrogens with one attached hydrogen (secondary N) is 1. The largest absolute Gasteiger partial charge is 0.342 e. The first-order valence-corrected chi connectivity index (χ1v) is 3.86. The molecule has 0 bridgehead atoms. The van der Waals surface area contributed by atoms with Gasteiger partial charge in [-0.05, 0) is 12.8 Å². The lowest BCUT2D eigenvalue weighted by atomic mass is 9.82. The van der Waals surface area contributed by atoms with E-state index in [0.29, 0.717) is 0 Å². The maximum atomic E-state index is 10.2. The summed E-state index contributed by atoms with van der Waals surface area (Å²) >= 11 is 0. The topological polar surface area (TPSA) is 29.1 Å². The molecule has 1 N–H and O–H groups in total. The summed E-state index contributed by atoms with van der Waals surface area (Å²) in [6, 6.07) is 0. The lowest BCUT2D eigenvalue weighted by Gasteiger charge is -2.30. The van der Waals surface area contributed by atoms with Crippen molar-refractivity contribution in [3.8, 4) is 0 Å². The van der Waals surface area contributed by atoms with Crippen LogP contribution in [0.2, 0.25) is 0 Å². The van der Waals surface area contributed by atoms with Crippen molar-refractivity contribution in [3.05, 3.63) is 12.7 Å². The number of hydrogen-bond acceptors (Lipinski definition) is 1. The van der Waals surface area contributed by atoms with E-state index < -0.39 is 0 Å². The zero-order chi connectivity index (χ0) is 8.54. The minimum Gasteiger partial charge on any atom is -0.342 e. The van der Waals surface area contributed by atoms with E-state index in [0.717, 1.165) is 12.8 Å². The second-order valence-electron chi connectivity index (χ2n) is 3.73. The van der Waals surface area contributed by atoms with Crippen molar-refractivity contribution < 1.29 is 4.79 Å². The number of rotatable bonds is 4. The highest BCUT2D eigenvalue weighted by atomic mass is 16.1. The smallest absolute Gasteiger partial charge is 0.309 e. The SMILES string of the molecule is C=CC(C)(C)C1(N[C]=O)CC1. The van der Waals surface area contributed by atoms with Crippen LogP contribution < -0.4 is 5.32 Å². The molecule has 1 aliphatic carbocycles. The van der Waals surface area contributed by atoms with Crippen LogP contribution in [0.4, 0.5) is 0 Å². The van der Waals surface area contributed by atoms with Crippen molar-refractivity contribution in [2.45, 2.75) is 32.2 Å². The van der Waals surface area contributed by atoms with Gasteiger partial charge in [-0.15, -0.1) is 6.58 Å². The van der Waals surface area contributed by atoms with Gasteiger partial charge in [0.2, 0.25) is 0 Å². The van der Waals surface area contributed by atoms with Crippen LogP contribution in [-0.4, -0.2) is 11.9 Å². The first-order chi connectivity index (χ1) is 5.08. The third-order valence-corrected chi connectivity index (χ3v) is 2.78. The van der Waals surface area contributed by atoms with E-state index in [-0.39, 0.29) is 11.0 Å². The molecule has 0 spiro atoms. The average Bonchev–Trinajstić information content (AvgIpc) is 2.70. The Morgan fingerprint density at radius 1 is 1.64 bits per heavy atom. The lowest BCUT2D eigenvalue weighted by molar-refractivity contribution is 0.317. The van der Waals surface area contributed by atoms with Gasteiger partial charge >= 0.3 is 6.41 Å². The zero-order valence-corrected chi connectivity index (χ0v) is 7.11. The third-order valence-electron chi connectivity index (χ3n) is 2.78. The Morgan fingerprint density at radius 2 is 2.18 bits per heavy atom. The average molecular weight is 152 g/mol. The normalized spacial score (nSPS) is 20.5. The van der Waals surface area contributed by atoms with Gasteiger partial charge in [-0.1, -0.05) is 19.9 Å². The Balaban J connectivity index is 2.71. The summed E-state index contributed by atoms with van der Waals surface area (Å²) in [6.07, 6.45) is 5.74. The van der Waals surface area contributed by atoms with Gasteiger partial charge in [0.05, 0.1) is 0 Å². The fourth-order valence-corrected chi connectivity index (χ4v) is 1.35. The monoisotopic (exact) mass is 152 g/mol. The van der Waals surface area contributed by atoms with Crippen molar-refractivity contribution in [1.29, 1.82) is 0 Å². The molecule has 2 nitrogen and oxygen atoms in total. The van der Waals surface area contributed by atoms with Crippen molar-refractivity contribution >= 4 is 6.41 Å². The predicted octanol–water partition coefficient (Wildman–Crippen LogP) is 1.39. The molecule has 0 heterocycles. The van der Waals surface area contributed by atoms with E-state index >= 15 is 0 Å². The lowest BCUT2D eigenvalue weighted by Crippen LogP contribution is -2.42. The van der Waals surface area contributed by atoms with Crippen molar-refractivity contribution in [1.82, 2.24) is 5.32 Å². The van der Waals surface area contributed by atoms with Crippen LogP contribution >= 0.6 is 0 Å². The van der Waals surface area contributed by atoms with Crippen molar-refractivity contribution in [2.75, 3.05) is 0 Å². The number of carbonyl (C=O) groups excluding carboxylic acids is 1. The Morgan fingerprint density at radius 3 is 2.45 bits per heavy atom. The molecule has 0 unspecified atom stereocenters. The Hall–Kier alpha value is -0.790. The second kappa shape index (κ2) is 2.36. The highest BCUT2D eigenvalue weighted by Gasteiger charge is 2.52. The summed E-state index contributed by atoms with van der Waals surface area (Å²) in [7, 11) is 0. The second-order valence-corrected chi connectivity index (χ2v) is 3.73. The van der Waals surface area contributed by atoms with Crippen LogP contribution in [0.1, 0.15) is 26.7 Å². The summed E-state index contributed by atoms with van der Waals surface area (Å²) < 4.78 is 0. The van der Waals surface area contributed by atoms with Crippen LogP contribution in [0, 0.1) is 5.41 Å². The molecule has 1 rings (SSSR count). The molecule has 1 saturated carbocycles. The van der Waals surface area contributed by atoms with Gasteiger partial charge in [0.15, 0.2) is 0 Å². The van der Waals surface area contributed by atoms with Crippen molar-refractivity contribution in [2.24, 2.45) is 5.41 Å². The molecular weight excluding hydrogens is 138 g/mol. The van der Waals surface area contributed by atoms with Gasteiger partial charge in [-0.3, -0.25) is 4.79 Å². The molecule has 0 atom stereocenters. The first kappa shape index (κ1) is 8.31. The molecule has 0 aliphatic heterocycles. The molecule has 0 aromatic carbocycles. The molecule has 1 amide bonds. The third kappa shape index (κ3) is 1.17. The van der Waals surface area contributed by atoms with Gasteiger partial charge in [0.1, 0.15) is 0 Å². The fourth-order valence-electron chi connectivity index (χ4n) is 1.35. The summed E-state index contributed by atoms with van der Waals surface area (Å²) in [5, 5.41) is 2.75. The van der Waals surface area contributed by atoms with Gasteiger partial charge in [0, 0.05) is 11.0 Å². The summed E-state index contributed by atoms with van der Waals surface area (Å²) in [6.45, 7) is 7.91. The van der Waals surface area contributed by atoms with Crippen LogP contribution in [0.25, 0.3) is 0 Å². The molecule has 1 aliphatic rings. The van der Waals surface area contributed by atoms with E-state index in [2.05, 4.69) is 25.7 Å². The fraction of sp³-hybridized carbons (Fsp3) is 0.667. The Kier molecular flexibility index (Phi) is 1.78. The minimum absolute atomic E-state index is 0.00951. The summed E-state index contributed by atoms with van der Waals surface area (Å²) in [5.41, 5.74) is -0.0547. The predicted molar refractivity (Wildman–Crippen MR) is 44.8 cm³/mol. The van der Waals surface area contributed by atoms with Crippen LogP contribution in [-0.2, 0) is 4.79 Å². The first-order valence-electron chi connectivity index (χ1n) is 3.86. The number of amides is 1. The molecule has 0 aromatic rings. The molecule has 1 fully saturated rings. The van der Waals surface area contributed by atoms with Gasteiger partial charge in [0.25, 0.3) is 0 Å². The van der Waals surface area contributed by atoms with E-state index in [1.165, 1.54) is 0 Å². The van der Waals surface area contributed by atoms with Crippen LogP contribution in [0.15, 0.2) is 12.7 Å².